The fourth-order valence-electron chi connectivity index (χ4n) is 1.05. The van der Waals surface area contributed by atoms with Crippen LogP contribution in [0.4, 0.5) is 13.2 Å². The molecule has 0 rings (SSSR count). The first kappa shape index (κ1) is 14.7. The number of aliphatic hydroxyl groups excluding tert-OH is 1. The topological polar surface area (TPSA) is 29.5 Å². The van der Waals surface area contributed by atoms with Gasteiger partial charge in [-0.05, 0) is 25.7 Å². The van der Waals surface area contributed by atoms with E-state index in [4.69, 9.17) is 9.84 Å². The highest BCUT2D eigenvalue weighted by atomic mass is 19.4. The smallest absolute Gasteiger partial charge is 0.384 e. The highest BCUT2D eigenvalue weighted by Gasteiger charge is 2.37. The molecule has 0 aromatic carbocycles. The lowest BCUT2D eigenvalue weighted by atomic mass is 10.1. The molecule has 0 bridgehead atoms. The molecule has 1 atom stereocenters. The average Bonchev–Trinajstić information content (AvgIpc) is 2.14. The minimum absolute atomic E-state index is 0.235. The van der Waals surface area contributed by atoms with E-state index >= 15 is 0 Å². The summed E-state index contributed by atoms with van der Waals surface area (Å²) < 4.78 is 40.7. The second-order valence-corrected chi connectivity index (χ2v) is 3.52. The molecular formula is C10H19F3O2. The second-order valence-electron chi connectivity index (χ2n) is 3.52. The van der Waals surface area contributed by atoms with Gasteiger partial charge in [-0.2, -0.15) is 13.2 Å². The highest BCUT2D eigenvalue weighted by molar-refractivity contribution is 4.64. The molecule has 0 fully saturated rings. The summed E-state index contributed by atoms with van der Waals surface area (Å²) in [7, 11) is 0. The fraction of sp³-hybridized carbons (Fsp3) is 1.00. The van der Waals surface area contributed by atoms with Crippen molar-refractivity contribution in [3.63, 3.8) is 0 Å². The van der Waals surface area contributed by atoms with Crippen molar-refractivity contribution in [1.82, 2.24) is 0 Å². The van der Waals surface area contributed by atoms with Gasteiger partial charge in [0.2, 0.25) is 0 Å². The van der Waals surface area contributed by atoms with Gasteiger partial charge in [-0.3, -0.25) is 0 Å². The van der Waals surface area contributed by atoms with Gasteiger partial charge in [-0.15, -0.1) is 0 Å². The first-order valence-electron chi connectivity index (χ1n) is 5.31. The maximum absolute atomic E-state index is 11.8. The predicted molar refractivity (Wildman–Crippen MR) is 51.6 cm³/mol. The lowest BCUT2D eigenvalue weighted by molar-refractivity contribution is -0.205. The molecular weight excluding hydrogens is 209 g/mol. The summed E-state index contributed by atoms with van der Waals surface area (Å²) in [5, 5.41) is 8.66. The molecule has 0 aromatic heterocycles. The van der Waals surface area contributed by atoms with Crippen molar-refractivity contribution < 1.29 is 23.0 Å². The third kappa shape index (κ3) is 8.69. The summed E-state index contributed by atoms with van der Waals surface area (Å²) >= 11 is 0. The van der Waals surface area contributed by atoms with Crippen LogP contribution in [-0.2, 0) is 4.74 Å². The van der Waals surface area contributed by atoms with Gasteiger partial charge >= 0.3 is 6.18 Å². The summed E-state index contributed by atoms with van der Waals surface area (Å²) in [4.78, 5) is 0. The summed E-state index contributed by atoms with van der Waals surface area (Å²) in [5.41, 5.74) is 0. The quantitative estimate of drug-likeness (QED) is 0.647. The normalized spacial score (nSPS) is 14.2. The van der Waals surface area contributed by atoms with E-state index < -0.39 is 12.3 Å². The van der Waals surface area contributed by atoms with Gasteiger partial charge in [0.05, 0.1) is 0 Å². The predicted octanol–water partition coefficient (Wildman–Crippen LogP) is 2.90. The standard InChI is InChI=1S/C10H19F3O2/c1-2-3-7-15-8-5-4-6-9(14)10(11,12)13/h9,14H,2-8H2,1H3. The first-order valence-corrected chi connectivity index (χ1v) is 5.31. The molecule has 15 heavy (non-hydrogen) atoms. The van der Waals surface area contributed by atoms with Crippen molar-refractivity contribution in [2.75, 3.05) is 13.2 Å². The van der Waals surface area contributed by atoms with Gasteiger partial charge in [0.25, 0.3) is 0 Å². The van der Waals surface area contributed by atoms with Crippen LogP contribution in [0.1, 0.15) is 39.0 Å². The van der Waals surface area contributed by atoms with Crippen LogP contribution in [0.2, 0.25) is 0 Å². The van der Waals surface area contributed by atoms with Crippen molar-refractivity contribution in [3.05, 3.63) is 0 Å². The number of hydrogen-bond donors (Lipinski definition) is 1. The van der Waals surface area contributed by atoms with Gasteiger partial charge in [0, 0.05) is 13.2 Å². The van der Waals surface area contributed by atoms with Gasteiger partial charge in [0.1, 0.15) is 6.10 Å². The summed E-state index contributed by atoms with van der Waals surface area (Å²) in [6.07, 6.45) is -3.97. The Balaban J connectivity index is 3.24. The Morgan fingerprint density at radius 1 is 1.13 bits per heavy atom. The highest BCUT2D eigenvalue weighted by Crippen LogP contribution is 2.23. The number of alkyl halides is 3. The van der Waals surface area contributed by atoms with Gasteiger partial charge in [-0.25, -0.2) is 0 Å². The SMILES string of the molecule is CCCCOCCCCC(O)C(F)(F)F. The molecule has 0 aromatic rings. The lowest BCUT2D eigenvalue weighted by Crippen LogP contribution is -2.28. The molecule has 1 N–H and O–H groups in total. The van der Waals surface area contributed by atoms with Crippen LogP contribution in [0.5, 0.6) is 0 Å². The molecule has 0 aliphatic rings. The Morgan fingerprint density at radius 3 is 2.27 bits per heavy atom. The minimum atomic E-state index is -4.48. The zero-order valence-electron chi connectivity index (χ0n) is 9.02. The van der Waals surface area contributed by atoms with E-state index in [0.717, 1.165) is 12.8 Å². The van der Waals surface area contributed by atoms with E-state index in [2.05, 4.69) is 0 Å². The molecule has 0 spiro atoms. The van der Waals surface area contributed by atoms with Crippen molar-refractivity contribution >= 4 is 0 Å². The molecule has 0 saturated heterocycles. The fourth-order valence-corrected chi connectivity index (χ4v) is 1.05. The summed E-state index contributed by atoms with van der Waals surface area (Å²) in [6, 6.07) is 0. The molecule has 0 heterocycles. The molecule has 92 valence electrons. The van der Waals surface area contributed by atoms with Crippen LogP contribution in [0.3, 0.4) is 0 Å². The zero-order chi connectivity index (χ0) is 11.7. The van der Waals surface area contributed by atoms with Crippen molar-refractivity contribution in [2.24, 2.45) is 0 Å². The van der Waals surface area contributed by atoms with Gasteiger partial charge in [-0.1, -0.05) is 13.3 Å². The number of aliphatic hydroxyl groups is 1. The van der Waals surface area contributed by atoms with E-state index in [-0.39, 0.29) is 6.42 Å². The first-order chi connectivity index (χ1) is 6.98. The van der Waals surface area contributed by atoms with Crippen molar-refractivity contribution in [1.29, 1.82) is 0 Å². The molecule has 1 unspecified atom stereocenters. The third-order valence-corrected chi connectivity index (χ3v) is 2.04. The van der Waals surface area contributed by atoms with E-state index in [1.165, 1.54) is 0 Å². The Bertz CT molecular complexity index is 148. The number of hydrogen-bond acceptors (Lipinski definition) is 2. The lowest BCUT2D eigenvalue weighted by Gasteiger charge is -2.13. The molecule has 2 nitrogen and oxygen atoms in total. The van der Waals surface area contributed by atoms with E-state index in [9.17, 15) is 13.2 Å². The summed E-state index contributed by atoms with van der Waals surface area (Å²) in [5.74, 6) is 0. The van der Waals surface area contributed by atoms with Crippen LogP contribution < -0.4 is 0 Å². The summed E-state index contributed by atoms with van der Waals surface area (Å²) in [6.45, 7) is 3.19. The van der Waals surface area contributed by atoms with Crippen molar-refractivity contribution in [3.8, 4) is 0 Å². The van der Waals surface area contributed by atoms with Crippen LogP contribution in [-0.4, -0.2) is 30.6 Å². The molecule has 0 saturated carbocycles. The van der Waals surface area contributed by atoms with Crippen LogP contribution in [0, 0.1) is 0 Å². The minimum Gasteiger partial charge on any atom is -0.384 e. The van der Waals surface area contributed by atoms with Crippen LogP contribution in [0.15, 0.2) is 0 Å². The maximum Gasteiger partial charge on any atom is 0.414 e. The Labute approximate surface area is 88.4 Å². The zero-order valence-corrected chi connectivity index (χ0v) is 9.02. The number of unbranched alkanes of at least 4 members (excludes halogenated alkanes) is 2. The molecule has 5 heteroatoms. The van der Waals surface area contributed by atoms with E-state index in [0.29, 0.717) is 26.1 Å². The molecule has 0 aliphatic heterocycles. The number of rotatable bonds is 8. The Morgan fingerprint density at radius 2 is 1.73 bits per heavy atom. The maximum atomic E-state index is 11.8. The molecule has 0 aliphatic carbocycles. The Kier molecular flexibility index (Phi) is 7.78. The monoisotopic (exact) mass is 228 g/mol. The van der Waals surface area contributed by atoms with Crippen molar-refractivity contribution in [2.45, 2.75) is 51.3 Å². The van der Waals surface area contributed by atoms with E-state index in [1.54, 1.807) is 0 Å². The van der Waals surface area contributed by atoms with Crippen LogP contribution >= 0.6 is 0 Å². The number of halogens is 3. The van der Waals surface area contributed by atoms with Gasteiger partial charge < -0.3 is 9.84 Å². The van der Waals surface area contributed by atoms with E-state index in [1.807, 2.05) is 6.92 Å². The average molecular weight is 228 g/mol. The molecule has 0 amide bonds. The van der Waals surface area contributed by atoms with Crippen LogP contribution in [0.25, 0.3) is 0 Å². The largest absolute Gasteiger partial charge is 0.414 e. The number of ether oxygens (including phenoxy) is 1. The Hall–Kier alpha value is -0.290. The third-order valence-electron chi connectivity index (χ3n) is 2.04. The second kappa shape index (κ2) is 7.93. The van der Waals surface area contributed by atoms with Gasteiger partial charge in [0.15, 0.2) is 0 Å². The molecule has 0 radical (unpaired) electrons.